The molecule has 0 aliphatic rings. The van der Waals surface area contributed by atoms with Crippen molar-refractivity contribution in [1.29, 1.82) is 0 Å². The molecule has 4 N–H and O–H groups in total. The number of aromatic nitrogens is 2. The van der Waals surface area contributed by atoms with Gasteiger partial charge in [-0.2, -0.15) is 0 Å². The van der Waals surface area contributed by atoms with Crippen LogP contribution >= 0.6 is 0 Å². The van der Waals surface area contributed by atoms with Crippen LogP contribution in [0.15, 0.2) is 73.1 Å². The van der Waals surface area contributed by atoms with E-state index in [1.54, 1.807) is 75.2 Å². The Morgan fingerprint density at radius 1 is 0.800 bits per heavy atom. The fourth-order valence-electron chi connectivity index (χ4n) is 4.08. The van der Waals surface area contributed by atoms with Crippen LogP contribution < -0.4 is 24.8 Å². The van der Waals surface area contributed by atoms with Crippen molar-refractivity contribution in [3.05, 3.63) is 95.3 Å². The van der Waals surface area contributed by atoms with E-state index in [1.807, 2.05) is 12.1 Å². The van der Waals surface area contributed by atoms with E-state index in [0.717, 1.165) is 5.69 Å². The molecular weight excluding hydrogens is 512 g/mol. The molecule has 0 spiro atoms. The topological polar surface area (TPSA) is 135 Å². The summed E-state index contributed by atoms with van der Waals surface area (Å²) in [7, 11) is 4.62. The minimum Gasteiger partial charge on any atom is -0.496 e. The van der Waals surface area contributed by atoms with Crippen LogP contribution in [0.1, 0.15) is 27.0 Å². The first kappa shape index (κ1) is 28.1. The third-order valence-electron chi connectivity index (χ3n) is 6.09. The fraction of sp³-hybridized carbons (Fsp3) is 0.167. The van der Waals surface area contributed by atoms with E-state index < -0.39 is 0 Å². The number of benzene rings is 2. The zero-order valence-corrected chi connectivity index (χ0v) is 22.3. The first-order valence-corrected chi connectivity index (χ1v) is 12.3. The second kappa shape index (κ2) is 13.2. The van der Waals surface area contributed by atoms with Crippen LogP contribution in [0.5, 0.6) is 17.2 Å². The van der Waals surface area contributed by atoms with Gasteiger partial charge in [0, 0.05) is 47.0 Å². The lowest BCUT2D eigenvalue weighted by atomic mass is 10.1. The molecule has 0 radical (unpaired) electrons. The van der Waals surface area contributed by atoms with Crippen LogP contribution in [0.4, 0.5) is 23.0 Å². The molecule has 0 saturated carbocycles. The van der Waals surface area contributed by atoms with E-state index in [0.29, 0.717) is 56.8 Å². The SMILES string of the molecule is COc1ccc(Nc2ncccc2/C=C/C(=O)c2cccnc2Nc2cc(CO)c(CO)c(OC)c2)cc1OC. The maximum absolute atomic E-state index is 13.3. The zero-order chi connectivity index (χ0) is 28.5. The summed E-state index contributed by atoms with van der Waals surface area (Å²) in [5, 5.41) is 25.8. The maximum atomic E-state index is 13.3. The van der Waals surface area contributed by atoms with Crippen LogP contribution in [0, 0.1) is 0 Å². The molecule has 10 heteroatoms. The van der Waals surface area contributed by atoms with E-state index in [1.165, 1.54) is 13.2 Å². The van der Waals surface area contributed by atoms with Gasteiger partial charge in [0.15, 0.2) is 17.3 Å². The summed E-state index contributed by atoms with van der Waals surface area (Å²) < 4.78 is 16.0. The van der Waals surface area contributed by atoms with E-state index in [-0.39, 0.29) is 19.0 Å². The van der Waals surface area contributed by atoms with Crippen LogP contribution in [0.25, 0.3) is 6.08 Å². The fourth-order valence-corrected chi connectivity index (χ4v) is 4.08. The molecule has 4 rings (SSSR count). The van der Waals surface area contributed by atoms with Crippen LogP contribution in [-0.2, 0) is 13.2 Å². The molecule has 206 valence electrons. The number of nitrogens with one attached hydrogen (secondary N) is 2. The summed E-state index contributed by atoms with van der Waals surface area (Å²) >= 11 is 0. The molecule has 4 aromatic rings. The molecular formula is C30H30N4O6. The van der Waals surface area contributed by atoms with Gasteiger partial charge in [-0.3, -0.25) is 4.79 Å². The maximum Gasteiger partial charge on any atom is 0.189 e. The molecule has 2 aromatic carbocycles. The van der Waals surface area contributed by atoms with Crippen molar-refractivity contribution < 1.29 is 29.2 Å². The van der Waals surface area contributed by atoms with Crippen molar-refractivity contribution in [2.75, 3.05) is 32.0 Å². The van der Waals surface area contributed by atoms with Gasteiger partial charge in [0.25, 0.3) is 0 Å². The Morgan fingerprint density at radius 3 is 2.17 bits per heavy atom. The molecule has 0 aliphatic carbocycles. The number of hydrogen-bond acceptors (Lipinski definition) is 10. The van der Waals surface area contributed by atoms with Crippen molar-refractivity contribution >= 4 is 34.9 Å². The number of methoxy groups -OCH3 is 3. The Labute approximate surface area is 231 Å². The number of aliphatic hydroxyl groups is 2. The second-order valence-corrected chi connectivity index (χ2v) is 8.49. The summed E-state index contributed by atoms with van der Waals surface area (Å²) in [5.74, 6) is 2.19. The largest absolute Gasteiger partial charge is 0.496 e. The first-order chi connectivity index (χ1) is 19.5. The lowest BCUT2D eigenvalue weighted by Gasteiger charge is -2.15. The molecule has 0 atom stereocenters. The van der Waals surface area contributed by atoms with E-state index in [2.05, 4.69) is 20.6 Å². The van der Waals surface area contributed by atoms with Crippen LogP contribution in [0.3, 0.4) is 0 Å². The van der Waals surface area contributed by atoms with Gasteiger partial charge in [-0.15, -0.1) is 0 Å². The number of carbonyl (C=O) groups excluding carboxylic acids is 1. The second-order valence-electron chi connectivity index (χ2n) is 8.49. The molecule has 0 unspecified atom stereocenters. The van der Waals surface area contributed by atoms with Crippen LogP contribution in [0.2, 0.25) is 0 Å². The zero-order valence-electron chi connectivity index (χ0n) is 22.3. The summed E-state index contributed by atoms with van der Waals surface area (Å²) in [5.41, 5.74) is 3.31. The highest BCUT2D eigenvalue weighted by molar-refractivity contribution is 6.10. The van der Waals surface area contributed by atoms with Gasteiger partial charge in [-0.05, 0) is 60.2 Å². The van der Waals surface area contributed by atoms with Gasteiger partial charge < -0.3 is 35.1 Å². The van der Waals surface area contributed by atoms with Crippen molar-refractivity contribution in [3.8, 4) is 17.2 Å². The smallest absolute Gasteiger partial charge is 0.189 e. The molecule has 0 fully saturated rings. The Kier molecular flexibility index (Phi) is 9.29. The number of allylic oxidation sites excluding steroid dienone is 1. The average Bonchev–Trinajstić information content (AvgIpc) is 3.00. The van der Waals surface area contributed by atoms with Crippen molar-refractivity contribution in [2.45, 2.75) is 13.2 Å². The Balaban J connectivity index is 1.58. The Morgan fingerprint density at radius 2 is 1.48 bits per heavy atom. The van der Waals surface area contributed by atoms with E-state index in [9.17, 15) is 15.0 Å². The average molecular weight is 543 g/mol. The number of carbonyl (C=O) groups is 1. The predicted molar refractivity (Wildman–Crippen MR) is 153 cm³/mol. The third kappa shape index (κ3) is 6.37. The number of nitrogens with zero attached hydrogens (tertiary/aromatic N) is 2. The predicted octanol–water partition coefficient (Wildman–Crippen LogP) is 4.87. The lowest BCUT2D eigenvalue weighted by molar-refractivity contribution is 0.104. The highest BCUT2D eigenvalue weighted by Gasteiger charge is 2.15. The third-order valence-corrected chi connectivity index (χ3v) is 6.09. The lowest BCUT2D eigenvalue weighted by Crippen LogP contribution is -2.05. The quantitative estimate of drug-likeness (QED) is 0.145. The van der Waals surface area contributed by atoms with Gasteiger partial charge in [0.05, 0.1) is 40.1 Å². The number of pyridine rings is 2. The molecule has 2 aromatic heterocycles. The van der Waals surface area contributed by atoms with Gasteiger partial charge in [-0.1, -0.05) is 0 Å². The van der Waals surface area contributed by atoms with Crippen molar-refractivity contribution in [2.24, 2.45) is 0 Å². The van der Waals surface area contributed by atoms with Gasteiger partial charge >= 0.3 is 0 Å². The Bertz CT molecular complexity index is 1500. The summed E-state index contributed by atoms with van der Waals surface area (Å²) in [6.45, 7) is -0.571. The molecule has 40 heavy (non-hydrogen) atoms. The normalized spacial score (nSPS) is 10.8. The molecule has 0 amide bonds. The standard InChI is InChI=1S/C30H30N4O6/c1-38-26-11-9-21(15-28(26)40-3)33-29-19(6-4-12-31-29)8-10-25(37)23-7-5-13-32-30(23)34-22-14-20(17-35)24(18-36)27(16-22)39-2/h4-16,35-36H,17-18H2,1-3H3,(H,31,33)(H,32,34)/b10-8+. The van der Waals surface area contributed by atoms with Gasteiger partial charge in [0.1, 0.15) is 17.4 Å². The number of hydrogen-bond donors (Lipinski definition) is 4. The highest BCUT2D eigenvalue weighted by Crippen LogP contribution is 2.32. The van der Waals surface area contributed by atoms with E-state index >= 15 is 0 Å². The summed E-state index contributed by atoms with van der Waals surface area (Å²) in [4.78, 5) is 22.0. The van der Waals surface area contributed by atoms with Crippen LogP contribution in [-0.4, -0.2) is 47.3 Å². The monoisotopic (exact) mass is 542 g/mol. The molecule has 0 bridgehead atoms. The summed E-state index contributed by atoms with van der Waals surface area (Å²) in [6.07, 6.45) is 6.36. The molecule has 10 nitrogen and oxygen atoms in total. The van der Waals surface area contributed by atoms with Gasteiger partial charge in [-0.25, -0.2) is 9.97 Å². The molecule has 0 aliphatic heterocycles. The van der Waals surface area contributed by atoms with E-state index in [4.69, 9.17) is 14.2 Å². The molecule has 2 heterocycles. The number of ketones is 1. The minimum atomic E-state index is -0.288. The highest BCUT2D eigenvalue weighted by atomic mass is 16.5. The number of anilines is 4. The number of ether oxygens (including phenoxy) is 3. The molecule has 0 saturated heterocycles. The summed E-state index contributed by atoms with van der Waals surface area (Å²) in [6, 6.07) is 15.7. The van der Waals surface area contributed by atoms with Crippen molar-refractivity contribution in [3.63, 3.8) is 0 Å². The minimum absolute atomic E-state index is 0.280. The Hall–Kier alpha value is -4.93. The first-order valence-electron chi connectivity index (χ1n) is 12.3. The number of aliphatic hydroxyl groups excluding tert-OH is 2. The number of rotatable bonds is 12. The van der Waals surface area contributed by atoms with Gasteiger partial charge in [0.2, 0.25) is 0 Å². The van der Waals surface area contributed by atoms with Crippen molar-refractivity contribution in [1.82, 2.24) is 9.97 Å².